The van der Waals surface area contributed by atoms with Gasteiger partial charge in [0.1, 0.15) is 5.65 Å². The van der Waals surface area contributed by atoms with Gasteiger partial charge in [0.2, 0.25) is 5.91 Å². The molecule has 0 N–H and O–H groups in total. The molecule has 0 aliphatic carbocycles. The minimum Gasteiger partial charge on any atom is -0.338 e. The van der Waals surface area contributed by atoms with Crippen molar-refractivity contribution in [3.63, 3.8) is 0 Å². The van der Waals surface area contributed by atoms with Gasteiger partial charge in [0.05, 0.1) is 11.3 Å². The normalized spacial score (nSPS) is 14.8. The van der Waals surface area contributed by atoms with Crippen LogP contribution in [0.5, 0.6) is 0 Å². The van der Waals surface area contributed by atoms with E-state index in [-0.39, 0.29) is 12.3 Å². The number of carbonyl (C=O) groups excluding carboxylic acids is 1. The first-order valence-corrected chi connectivity index (χ1v) is 11.3. The molecule has 1 amide bonds. The standard InChI is InChI=1S/C27H24F3N3O/c1-18-6-5-12-33-24(16-31-26(18)33)23(20-9-4-10-22(14-20)27(28,29)30)15-25(34)32-13-11-19-7-2-3-8-21(19)17-32/h2-10,12,14,16,23H,11,13,15,17H2,1H3. The number of fused-ring (bicyclic) bond motifs is 2. The molecule has 1 aliphatic rings. The number of amides is 1. The molecule has 2 aromatic carbocycles. The molecule has 1 unspecified atom stereocenters. The maximum Gasteiger partial charge on any atom is 0.416 e. The number of nitrogens with zero attached hydrogens (tertiary/aromatic N) is 3. The van der Waals surface area contributed by atoms with Crippen LogP contribution in [-0.4, -0.2) is 26.7 Å². The lowest BCUT2D eigenvalue weighted by Gasteiger charge is -2.30. The smallest absolute Gasteiger partial charge is 0.338 e. The largest absolute Gasteiger partial charge is 0.416 e. The Labute approximate surface area is 195 Å². The van der Waals surface area contributed by atoms with Gasteiger partial charge in [-0.25, -0.2) is 4.98 Å². The number of rotatable bonds is 4. The van der Waals surface area contributed by atoms with Crippen LogP contribution in [-0.2, 0) is 23.9 Å². The molecule has 0 radical (unpaired) electrons. The van der Waals surface area contributed by atoms with Crippen molar-refractivity contribution >= 4 is 11.6 Å². The number of halogens is 3. The molecule has 4 nitrogen and oxygen atoms in total. The topological polar surface area (TPSA) is 37.6 Å². The van der Waals surface area contributed by atoms with E-state index in [0.717, 1.165) is 35.3 Å². The SMILES string of the molecule is Cc1cccn2c(C(CC(=O)N3CCc4ccccc4C3)c3cccc(C(F)(F)F)c3)cnc12. The highest BCUT2D eigenvalue weighted by molar-refractivity contribution is 5.78. The van der Waals surface area contributed by atoms with E-state index in [9.17, 15) is 18.0 Å². The zero-order valence-corrected chi connectivity index (χ0v) is 18.7. The second-order valence-electron chi connectivity index (χ2n) is 8.78. The predicted molar refractivity (Wildman–Crippen MR) is 123 cm³/mol. The number of aryl methyl sites for hydroxylation is 1. The van der Waals surface area contributed by atoms with E-state index in [0.29, 0.717) is 24.3 Å². The lowest BCUT2D eigenvalue weighted by atomic mass is 9.90. The van der Waals surface area contributed by atoms with Crippen LogP contribution in [0.3, 0.4) is 0 Å². The zero-order valence-electron chi connectivity index (χ0n) is 18.7. The molecule has 1 aliphatic heterocycles. The molecule has 0 fully saturated rings. The number of hydrogen-bond donors (Lipinski definition) is 0. The number of alkyl halides is 3. The van der Waals surface area contributed by atoms with Gasteiger partial charge in [-0.1, -0.05) is 48.5 Å². The molecule has 7 heteroatoms. The van der Waals surface area contributed by atoms with Crippen LogP contribution in [0.4, 0.5) is 13.2 Å². The number of carbonyl (C=O) groups is 1. The maximum atomic E-state index is 13.5. The summed E-state index contributed by atoms with van der Waals surface area (Å²) < 4.78 is 42.3. The van der Waals surface area contributed by atoms with E-state index in [2.05, 4.69) is 11.1 Å². The van der Waals surface area contributed by atoms with Gasteiger partial charge in [0.25, 0.3) is 0 Å². The minimum atomic E-state index is -4.46. The number of pyridine rings is 1. The van der Waals surface area contributed by atoms with Crippen molar-refractivity contribution in [1.29, 1.82) is 0 Å². The van der Waals surface area contributed by atoms with Crippen molar-refractivity contribution in [3.8, 4) is 0 Å². The van der Waals surface area contributed by atoms with E-state index in [4.69, 9.17) is 0 Å². The molecule has 4 aromatic rings. The second-order valence-corrected chi connectivity index (χ2v) is 8.78. The first-order chi connectivity index (χ1) is 16.3. The van der Waals surface area contributed by atoms with Crippen molar-refractivity contribution in [2.24, 2.45) is 0 Å². The highest BCUT2D eigenvalue weighted by atomic mass is 19.4. The third-order valence-electron chi connectivity index (χ3n) is 6.59. The van der Waals surface area contributed by atoms with Crippen molar-refractivity contribution in [2.45, 2.75) is 38.4 Å². The molecule has 0 saturated carbocycles. The Bertz CT molecular complexity index is 1360. The van der Waals surface area contributed by atoms with Crippen molar-refractivity contribution in [2.75, 3.05) is 6.54 Å². The fourth-order valence-corrected chi connectivity index (χ4v) is 4.77. The Morgan fingerprint density at radius 2 is 1.85 bits per heavy atom. The molecule has 0 spiro atoms. The number of benzene rings is 2. The number of imidazole rings is 1. The van der Waals surface area contributed by atoms with Crippen molar-refractivity contribution in [3.05, 3.63) is 107 Å². The minimum absolute atomic E-state index is 0.0607. The van der Waals surface area contributed by atoms with Gasteiger partial charge in [-0.15, -0.1) is 0 Å². The molecule has 2 aromatic heterocycles. The monoisotopic (exact) mass is 463 g/mol. The van der Waals surface area contributed by atoms with Crippen LogP contribution >= 0.6 is 0 Å². The molecule has 1 atom stereocenters. The summed E-state index contributed by atoms with van der Waals surface area (Å²) in [7, 11) is 0. The van der Waals surface area contributed by atoms with Gasteiger partial charge >= 0.3 is 6.18 Å². The number of hydrogen-bond acceptors (Lipinski definition) is 2. The predicted octanol–water partition coefficient (Wildman–Crippen LogP) is 5.77. The molecule has 0 saturated heterocycles. The average Bonchev–Trinajstić information content (AvgIpc) is 3.27. The van der Waals surface area contributed by atoms with Crippen LogP contribution in [0.15, 0.2) is 73.1 Å². The second kappa shape index (κ2) is 8.63. The Balaban J connectivity index is 1.52. The zero-order chi connectivity index (χ0) is 23.9. The summed E-state index contributed by atoms with van der Waals surface area (Å²) in [6.07, 6.45) is -0.119. The molecular weight excluding hydrogens is 439 g/mol. The van der Waals surface area contributed by atoms with E-state index in [1.165, 1.54) is 11.6 Å². The molecular formula is C27H24F3N3O. The van der Waals surface area contributed by atoms with E-state index in [1.807, 2.05) is 47.9 Å². The summed E-state index contributed by atoms with van der Waals surface area (Å²) in [5.41, 5.74) is 4.46. The summed E-state index contributed by atoms with van der Waals surface area (Å²) in [6, 6.07) is 17.1. The Hall–Kier alpha value is -3.61. The average molecular weight is 464 g/mol. The third-order valence-corrected chi connectivity index (χ3v) is 6.59. The summed E-state index contributed by atoms with van der Waals surface area (Å²) in [5, 5.41) is 0. The Morgan fingerprint density at radius 1 is 1.06 bits per heavy atom. The lowest BCUT2D eigenvalue weighted by Crippen LogP contribution is -2.36. The molecule has 5 rings (SSSR count). The third kappa shape index (κ3) is 4.18. The van der Waals surface area contributed by atoms with Gasteiger partial charge in [-0.05, 0) is 47.7 Å². The van der Waals surface area contributed by atoms with Crippen LogP contribution in [0.25, 0.3) is 5.65 Å². The lowest BCUT2D eigenvalue weighted by molar-refractivity contribution is -0.137. The van der Waals surface area contributed by atoms with Gasteiger partial charge in [0, 0.05) is 37.8 Å². The van der Waals surface area contributed by atoms with E-state index >= 15 is 0 Å². The van der Waals surface area contributed by atoms with Crippen LogP contribution in [0.2, 0.25) is 0 Å². The van der Waals surface area contributed by atoms with E-state index < -0.39 is 17.7 Å². The Morgan fingerprint density at radius 3 is 2.65 bits per heavy atom. The van der Waals surface area contributed by atoms with Gasteiger partial charge in [-0.2, -0.15) is 13.2 Å². The summed E-state index contributed by atoms with van der Waals surface area (Å²) in [6.45, 7) is 3.04. The first-order valence-electron chi connectivity index (χ1n) is 11.3. The van der Waals surface area contributed by atoms with Crippen molar-refractivity contribution < 1.29 is 18.0 Å². The van der Waals surface area contributed by atoms with Gasteiger partial charge < -0.3 is 9.30 Å². The molecule has 3 heterocycles. The Kier molecular flexibility index (Phi) is 5.63. The molecule has 34 heavy (non-hydrogen) atoms. The van der Waals surface area contributed by atoms with Crippen LogP contribution < -0.4 is 0 Å². The van der Waals surface area contributed by atoms with Crippen LogP contribution in [0.1, 0.15) is 45.8 Å². The highest BCUT2D eigenvalue weighted by Crippen LogP contribution is 2.35. The summed E-state index contributed by atoms with van der Waals surface area (Å²) >= 11 is 0. The summed E-state index contributed by atoms with van der Waals surface area (Å²) in [4.78, 5) is 19.7. The van der Waals surface area contributed by atoms with Gasteiger partial charge in [0.15, 0.2) is 0 Å². The summed E-state index contributed by atoms with van der Waals surface area (Å²) in [5.74, 6) is -0.650. The number of aromatic nitrogens is 2. The quantitative estimate of drug-likeness (QED) is 0.385. The van der Waals surface area contributed by atoms with E-state index in [1.54, 1.807) is 17.2 Å². The van der Waals surface area contributed by atoms with Gasteiger partial charge in [-0.3, -0.25) is 4.79 Å². The molecule has 0 bridgehead atoms. The fraction of sp³-hybridized carbons (Fsp3) is 0.259. The van der Waals surface area contributed by atoms with Crippen molar-refractivity contribution in [1.82, 2.24) is 14.3 Å². The maximum absolute atomic E-state index is 13.5. The highest BCUT2D eigenvalue weighted by Gasteiger charge is 2.32. The van der Waals surface area contributed by atoms with Crippen LogP contribution in [0, 0.1) is 6.92 Å². The fourth-order valence-electron chi connectivity index (χ4n) is 4.77. The molecule has 174 valence electrons. The first kappa shape index (κ1) is 22.2.